The Labute approximate surface area is 302 Å². The van der Waals surface area contributed by atoms with Crippen LogP contribution >= 0.6 is 0 Å². The molecule has 0 bridgehead atoms. The van der Waals surface area contributed by atoms with Gasteiger partial charge in [0.25, 0.3) is 0 Å². The molecule has 0 spiro atoms. The number of carbonyl (C=O) groups excluding carboxylic acids is 3. The molecule has 0 aromatic heterocycles. The lowest BCUT2D eigenvalue weighted by atomic mass is 9.90. The lowest BCUT2D eigenvalue weighted by Gasteiger charge is -2.21. The molecule has 0 N–H and O–H groups in total. The van der Waals surface area contributed by atoms with Crippen molar-refractivity contribution >= 4 is 17.9 Å². The quantitative estimate of drug-likeness (QED) is 0.133. The highest BCUT2D eigenvalue weighted by molar-refractivity contribution is 5.81. The van der Waals surface area contributed by atoms with Gasteiger partial charge < -0.3 is 14.2 Å². The molecule has 2 fully saturated rings. The number of esters is 3. The molecule has 0 radical (unpaired) electrons. The summed E-state index contributed by atoms with van der Waals surface area (Å²) in [5.74, 6) is 1.29. The summed E-state index contributed by atoms with van der Waals surface area (Å²) in [6.45, 7) is 24.9. The van der Waals surface area contributed by atoms with Gasteiger partial charge in [-0.2, -0.15) is 0 Å². The molecule has 4 unspecified atom stereocenters. The van der Waals surface area contributed by atoms with Gasteiger partial charge in [-0.05, 0) is 76.8 Å². The van der Waals surface area contributed by atoms with E-state index in [4.69, 9.17) is 14.2 Å². The smallest absolute Gasteiger partial charge is 0.330 e. The van der Waals surface area contributed by atoms with Crippen LogP contribution in [0.1, 0.15) is 92.2 Å². The average Bonchev–Trinajstić information content (AvgIpc) is 3.66. The third-order valence-electron chi connectivity index (χ3n) is 8.93. The first kappa shape index (κ1) is 42.7. The molecule has 4 rings (SSSR count). The van der Waals surface area contributed by atoms with Crippen LogP contribution in [0, 0.1) is 23.7 Å². The van der Waals surface area contributed by atoms with E-state index < -0.39 is 5.60 Å². The first-order valence-electron chi connectivity index (χ1n) is 18.2. The third kappa shape index (κ3) is 16.5. The second kappa shape index (κ2) is 21.0. The molecule has 4 atom stereocenters. The molecular weight excluding hydrogens is 628 g/mol. The molecule has 2 aromatic rings. The van der Waals surface area contributed by atoms with E-state index in [2.05, 4.69) is 84.8 Å². The lowest BCUT2D eigenvalue weighted by Crippen LogP contribution is -2.24. The molecule has 8 nitrogen and oxygen atoms in total. The Hall–Kier alpha value is -3.49. The highest BCUT2D eigenvalue weighted by Crippen LogP contribution is 2.31. The van der Waals surface area contributed by atoms with E-state index in [0.29, 0.717) is 24.2 Å². The molecule has 2 saturated heterocycles. The number of hydrogen-bond donors (Lipinski definition) is 0. The summed E-state index contributed by atoms with van der Waals surface area (Å²) in [7, 11) is 1.48. The van der Waals surface area contributed by atoms with E-state index in [1.54, 1.807) is 0 Å². The number of nitrogens with zero attached hydrogens (tertiary/aromatic N) is 2. The van der Waals surface area contributed by atoms with Crippen molar-refractivity contribution in [2.45, 2.75) is 105 Å². The fraction of sp³-hybridized carbons (Fsp3) is 0.595. The molecule has 8 heteroatoms. The molecule has 2 aliphatic heterocycles. The van der Waals surface area contributed by atoms with Gasteiger partial charge in [0, 0.05) is 51.8 Å². The minimum atomic E-state index is -0.398. The van der Waals surface area contributed by atoms with E-state index in [1.165, 1.54) is 24.7 Å². The van der Waals surface area contributed by atoms with E-state index in [1.807, 2.05) is 47.6 Å². The number of likely N-dealkylation sites (tertiary alicyclic amines) is 2. The van der Waals surface area contributed by atoms with Crippen LogP contribution in [-0.2, 0) is 41.7 Å². The predicted octanol–water partition coefficient (Wildman–Crippen LogP) is 8.10. The Morgan fingerprint density at radius 1 is 0.720 bits per heavy atom. The minimum Gasteiger partial charge on any atom is -0.469 e. The second-order valence-corrected chi connectivity index (χ2v) is 15.4. The van der Waals surface area contributed by atoms with Gasteiger partial charge in [-0.25, -0.2) is 4.79 Å². The van der Waals surface area contributed by atoms with E-state index in [-0.39, 0.29) is 29.4 Å². The number of ether oxygens (including phenoxy) is 3. The SMILES string of the molecule is C=CC(=O)OC(C)(C)C.CCC1CN(Cc2ccccc2)CC1C(=O)OC.CCC1CN(Cc2ccccc2)CC1CCC(=O)OC(C)(C)C. The Morgan fingerprint density at radius 2 is 1.18 bits per heavy atom. The van der Waals surface area contributed by atoms with Crippen molar-refractivity contribution in [3.05, 3.63) is 84.4 Å². The van der Waals surface area contributed by atoms with Gasteiger partial charge in [-0.3, -0.25) is 19.4 Å². The molecule has 2 heterocycles. The number of methoxy groups -OCH3 is 1. The summed E-state index contributed by atoms with van der Waals surface area (Å²) in [5.41, 5.74) is 1.90. The number of rotatable bonds is 11. The minimum absolute atomic E-state index is 0.0451. The second-order valence-electron chi connectivity index (χ2n) is 15.4. The van der Waals surface area contributed by atoms with E-state index >= 15 is 0 Å². The zero-order valence-electron chi connectivity index (χ0n) is 32.3. The Kier molecular flexibility index (Phi) is 17.9. The summed E-state index contributed by atoms with van der Waals surface area (Å²) in [6, 6.07) is 21.0. The van der Waals surface area contributed by atoms with Crippen LogP contribution in [-0.4, -0.2) is 72.2 Å². The topological polar surface area (TPSA) is 85.4 Å². The van der Waals surface area contributed by atoms with Gasteiger partial charge in [-0.15, -0.1) is 0 Å². The van der Waals surface area contributed by atoms with Crippen LogP contribution in [0.25, 0.3) is 0 Å². The Balaban J connectivity index is 0.000000285. The van der Waals surface area contributed by atoms with Crippen LogP contribution < -0.4 is 0 Å². The predicted molar refractivity (Wildman–Crippen MR) is 201 cm³/mol. The first-order chi connectivity index (χ1) is 23.6. The van der Waals surface area contributed by atoms with Crippen LogP contribution in [0.3, 0.4) is 0 Å². The molecule has 50 heavy (non-hydrogen) atoms. The monoisotopic (exact) mass is 692 g/mol. The van der Waals surface area contributed by atoms with Crippen LogP contribution in [0.2, 0.25) is 0 Å². The van der Waals surface area contributed by atoms with Crippen molar-refractivity contribution < 1.29 is 28.6 Å². The molecule has 0 saturated carbocycles. The molecule has 2 aromatic carbocycles. The maximum absolute atomic E-state index is 11.9. The van der Waals surface area contributed by atoms with Crippen molar-refractivity contribution in [1.82, 2.24) is 9.80 Å². The molecular formula is C42H64N2O6. The summed E-state index contributed by atoms with van der Waals surface area (Å²) >= 11 is 0. The summed E-state index contributed by atoms with van der Waals surface area (Å²) < 4.78 is 15.2. The van der Waals surface area contributed by atoms with Crippen molar-refractivity contribution in [1.29, 1.82) is 0 Å². The third-order valence-corrected chi connectivity index (χ3v) is 8.93. The lowest BCUT2D eigenvalue weighted by molar-refractivity contribution is -0.155. The summed E-state index contributed by atoms with van der Waals surface area (Å²) in [6.07, 6.45) is 4.86. The number of carbonyl (C=O) groups is 3. The Bertz CT molecular complexity index is 1300. The highest BCUT2D eigenvalue weighted by Gasteiger charge is 2.37. The highest BCUT2D eigenvalue weighted by atomic mass is 16.6. The first-order valence-corrected chi connectivity index (χ1v) is 18.2. The number of hydrogen-bond acceptors (Lipinski definition) is 8. The maximum atomic E-state index is 11.9. The van der Waals surface area contributed by atoms with Crippen LogP contribution in [0.15, 0.2) is 73.3 Å². The van der Waals surface area contributed by atoms with Crippen molar-refractivity contribution in [2.75, 3.05) is 33.3 Å². The van der Waals surface area contributed by atoms with Crippen LogP contribution in [0.5, 0.6) is 0 Å². The van der Waals surface area contributed by atoms with Crippen molar-refractivity contribution in [2.24, 2.45) is 23.7 Å². The van der Waals surface area contributed by atoms with Gasteiger partial charge in [0.1, 0.15) is 11.2 Å². The maximum Gasteiger partial charge on any atom is 0.330 e. The molecule has 0 amide bonds. The van der Waals surface area contributed by atoms with Crippen molar-refractivity contribution in [3.63, 3.8) is 0 Å². The van der Waals surface area contributed by atoms with E-state index in [9.17, 15) is 14.4 Å². The number of benzene rings is 2. The molecule has 0 aliphatic carbocycles. The fourth-order valence-corrected chi connectivity index (χ4v) is 6.60. The zero-order chi connectivity index (χ0) is 37.3. The van der Waals surface area contributed by atoms with Gasteiger partial charge in [-0.1, -0.05) is 93.9 Å². The summed E-state index contributed by atoms with van der Waals surface area (Å²) in [5, 5.41) is 0. The van der Waals surface area contributed by atoms with Crippen molar-refractivity contribution in [3.8, 4) is 0 Å². The van der Waals surface area contributed by atoms with Gasteiger partial charge >= 0.3 is 17.9 Å². The van der Waals surface area contributed by atoms with Gasteiger partial charge in [0.2, 0.25) is 0 Å². The standard InChI is InChI=1S/C20H31NO2.C15H21NO2.C7H12O2/c1-5-17-14-21(13-16-9-7-6-8-10-16)15-18(17)11-12-19(22)23-20(2,3)4;1-3-13-10-16(11-14(13)15(17)18-2)9-12-7-5-4-6-8-12;1-5-6(8)9-7(2,3)4/h6-10,17-18H,5,11-15H2,1-4H3;4-8,13-14H,3,9-11H2,1-2H3;5H,1H2,2-4H3. The Morgan fingerprint density at radius 3 is 1.60 bits per heavy atom. The normalized spacial score (nSPS) is 20.8. The van der Waals surface area contributed by atoms with Gasteiger partial charge in [0.05, 0.1) is 13.0 Å². The molecule has 278 valence electrons. The molecule has 2 aliphatic rings. The average molecular weight is 693 g/mol. The van der Waals surface area contributed by atoms with Gasteiger partial charge in [0.15, 0.2) is 0 Å². The largest absolute Gasteiger partial charge is 0.469 e. The van der Waals surface area contributed by atoms with Crippen LogP contribution in [0.4, 0.5) is 0 Å². The zero-order valence-corrected chi connectivity index (χ0v) is 32.3. The van der Waals surface area contributed by atoms with E-state index in [0.717, 1.165) is 58.2 Å². The summed E-state index contributed by atoms with van der Waals surface area (Å²) in [4.78, 5) is 39.1. The fourth-order valence-electron chi connectivity index (χ4n) is 6.60.